The Morgan fingerprint density at radius 3 is 2.21 bits per heavy atom. The summed E-state index contributed by atoms with van der Waals surface area (Å²) in [5, 5.41) is 11.5. The van der Waals surface area contributed by atoms with Crippen LogP contribution in [0.2, 0.25) is 0 Å². The van der Waals surface area contributed by atoms with E-state index in [0.717, 1.165) is 29.6 Å². The van der Waals surface area contributed by atoms with Gasteiger partial charge in [-0.25, -0.2) is 0 Å². The van der Waals surface area contributed by atoms with E-state index in [1.54, 1.807) is 16.7 Å². The van der Waals surface area contributed by atoms with E-state index in [1.165, 1.54) is 33.5 Å². The van der Waals surface area contributed by atoms with Crippen molar-refractivity contribution in [2.75, 3.05) is 32.4 Å². The minimum atomic E-state index is -4.51. The second-order valence-corrected chi connectivity index (χ2v) is 8.75. The fourth-order valence-corrected chi connectivity index (χ4v) is 4.42. The van der Waals surface area contributed by atoms with Gasteiger partial charge >= 0.3 is 6.18 Å². The van der Waals surface area contributed by atoms with E-state index in [0.29, 0.717) is 33.8 Å². The van der Waals surface area contributed by atoms with Crippen LogP contribution in [0.3, 0.4) is 0 Å². The topological polar surface area (TPSA) is 87.5 Å². The third kappa shape index (κ3) is 5.86. The van der Waals surface area contributed by atoms with E-state index in [4.69, 9.17) is 14.2 Å². The second kappa shape index (κ2) is 11.5. The average Bonchev–Trinajstić information content (AvgIpc) is 3.35. The SMILES string of the molecule is COc1cc(-c2nnc(SCC(=O)Nc3cccc(C(F)(F)F)c3)n2-c2ccccc2)cc(OC)c1OC. The van der Waals surface area contributed by atoms with Crippen LogP contribution in [-0.4, -0.2) is 47.8 Å². The van der Waals surface area contributed by atoms with Gasteiger partial charge in [0.05, 0.1) is 32.6 Å². The van der Waals surface area contributed by atoms with E-state index in [-0.39, 0.29) is 11.4 Å². The van der Waals surface area contributed by atoms with Gasteiger partial charge in [0, 0.05) is 16.9 Å². The maximum Gasteiger partial charge on any atom is 0.416 e. The number of aromatic nitrogens is 3. The fraction of sp³-hybridized carbons (Fsp3) is 0.192. The normalized spacial score (nSPS) is 11.2. The Balaban J connectivity index is 1.64. The van der Waals surface area contributed by atoms with Crippen LogP contribution >= 0.6 is 11.8 Å². The number of hydrogen-bond donors (Lipinski definition) is 1. The van der Waals surface area contributed by atoms with Gasteiger partial charge < -0.3 is 19.5 Å². The van der Waals surface area contributed by atoms with E-state index >= 15 is 0 Å². The number of rotatable bonds is 9. The molecule has 0 aliphatic rings. The molecule has 38 heavy (non-hydrogen) atoms. The van der Waals surface area contributed by atoms with Gasteiger partial charge in [-0.15, -0.1) is 10.2 Å². The van der Waals surface area contributed by atoms with E-state index in [9.17, 15) is 18.0 Å². The quantitative estimate of drug-likeness (QED) is 0.270. The van der Waals surface area contributed by atoms with Crippen molar-refractivity contribution in [3.63, 3.8) is 0 Å². The maximum absolute atomic E-state index is 13.0. The monoisotopic (exact) mass is 544 g/mol. The highest BCUT2D eigenvalue weighted by molar-refractivity contribution is 7.99. The number of para-hydroxylation sites is 1. The van der Waals surface area contributed by atoms with Crippen LogP contribution in [0.4, 0.5) is 18.9 Å². The number of methoxy groups -OCH3 is 3. The number of carbonyl (C=O) groups is 1. The Morgan fingerprint density at radius 2 is 1.61 bits per heavy atom. The number of nitrogens with zero attached hydrogens (tertiary/aromatic N) is 3. The molecule has 0 aliphatic heterocycles. The zero-order valence-corrected chi connectivity index (χ0v) is 21.4. The van der Waals surface area contributed by atoms with E-state index in [1.807, 2.05) is 30.3 Å². The fourth-order valence-electron chi connectivity index (χ4n) is 3.67. The number of benzene rings is 3. The Bertz CT molecular complexity index is 1400. The minimum Gasteiger partial charge on any atom is -0.493 e. The Hall–Kier alpha value is -4.19. The summed E-state index contributed by atoms with van der Waals surface area (Å²) < 4.78 is 57.1. The van der Waals surface area contributed by atoms with Gasteiger partial charge in [-0.1, -0.05) is 36.0 Å². The van der Waals surface area contributed by atoms with Crippen LogP contribution in [0.1, 0.15) is 5.56 Å². The predicted octanol–water partition coefficient (Wildman–Crippen LogP) is 5.71. The molecule has 4 aromatic rings. The summed E-state index contributed by atoms with van der Waals surface area (Å²) >= 11 is 1.09. The first-order valence-corrected chi connectivity index (χ1v) is 12.1. The number of thioether (sulfide) groups is 1. The number of nitrogens with one attached hydrogen (secondary N) is 1. The first-order valence-electron chi connectivity index (χ1n) is 11.2. The maximum atomic E-state index is 13.0. The molecule has 4 rings (SSSR count). The van der Waals surface area contributed by atoms with Gasteiger partial charge in [0.1, 0.15) is 0 Å². The third-order valence-corrected chi connectivity index (χ3v) is 6.31. The smallest absolute Gasteiger partial charge is 0.416 e. The van der Waals surface area contributed by atoms with E-state index < -0.39 is 17.6 Å². The number of ether oxygens (including phenoxy) is 3. The molecule has 1 amide bonds. The standard InChI is InChI=1S/C26H23F3N4O4S/c1-35-20-12-16(13-21(36-2)23(20)37-3)24-31-32-25(33(24)19-10-5-4-6-11-19)38-15-22(34)30-18-9-7-8-17(14-18)26(27,28)29/h4-14H,15H2,1-3H3,(H,30,34). The molecule has 0 saturated heterocycles. The van der Waals surface area contributed by atoms with Crippen LogP contribution < -0.4 is 19.5 Å². The Morgan fingerprint density at radius 1 is 0.921 bits per heavy atom. The predicted molar refractivity (Wildman–Crippen MR) is 137 cm³/mol. The molecule has 8 nitrogen and oxygen atoms in total. The molecule has 0 radical (unpaired) electrons. The van der Waals surface area contributed by atoms with Crippen LogP contribution in [0.15, 0.2) is 71.9 Å². The van der Waals surface area contributed by atoms with Crippen LogP contribution in [0.25, 0.3) is 17.1 Å². The van der Waals surface area contributed by atoms with Crippen molar-refractivity contribution < 1.29 is 32.2 Å². The second-order valence-electron chi connectivity index (χ2n) is 7.81. The lowest BCUT2D eigenvalue weighted by atomic mass is 10.1. The highest BCUT2D eigenvalue weighted by Gasteiger charge is 2.30. The van der Waals surface area contributed by atoms with E-state index in [2.05, 4.69) is 15.5 Å². The lowest BCUT2D eigenvalue weighted by molar-refractivity contribution is -0.137. The zero-order chi connectivity index (χ0) is 27.3. The number of amides is 1. The first kappa shape index (κ1) is 26.9. The first-order chi connectivity index (χ1) is 18.2. The van der Waals surface area contributed by atoms with Crippen molar-refractivity contribution in [1.82, 2.24) is 14.8 Å². The van der Waals surface area contributed by atoms with Gasteiger partial charge in [0.15, 0.2) is 22.5 Å². The molecule has 0 bridgehead atoms. The molecular weight excluding hydrogens is 521 g/mol. The summed E-state index contributed by atoms with van der Waals surface area (Å²) in [4.78, 5) is 12.6. The van der Waals surface area contributed by atoms with Crippen molar-refractivity contribution in [2.45, 2.75) is 11.3 Å². The van der Waals surface area contributed by atoms with Gasteiger partial charge in [-0.2, -0.15) is 13.2 Å². The Kier molecular flexibility index (Phi) is 8.10. The van der Waals surface area contributed by atoms with Crippen LogP contribution in [0.5, 0.6) is 17.2 Å². The molecule has 198 valence electrons. The van der Waals surface area contributed by atoms with Crippen molar-refractivity contribution in [3.8, 4) is 34.3 Å². The summed E-state index contributed by atoms with van der Waals surface area (Å²) in [7, 11) is 4.52. The van der Waals surface area contributed by atoms with Crippen molar-refractivity contribution >= 4 is 23.4 Å². The molecule has 1 aromatic heterocycles. The average molecular weight is 545 g/mol. The number of halogens is 3. The molecule has 0 spiro atoms. The molecule has 0 fully saturated rings. The highest BCUT2D eigenvalue weighted by Crippen LogP contribution is 2.41. The van der Waals surface area contributed by atoms with Crippen molar-refractivity contribution in [2.24, 2.45) is 0 Å². The van der Waals surface area contributed by atoms with Gasteiger partial charge in [0.2, 0.25) is 11.7 Å². The molecular formula is C26H23F3N4O4S. The summed E-state index contributed by atoms with van der Waals surface area (Å²) in [6.45, 7) is 0. The lowest BCUT2D eigenvalue weighted by Gasteiger charge is -2.15. The molecule has 12 heteroatoms. The number of alkyl halides is 3. The number of carbonyl (C=O) groups excluding carboxylic acids is 1. The number of anilines is 1. The lowest BCUT2D eigenvalue weighted by Crippen LogP contribution is -2.15. The zero-order valence-electron chi connectivity index (χ0n) is 20.6. The molecule has 0 unspecified atom stereocenters. The number of hydrogen-bond acceptors (Lipinski definition) is 7. The highest BCUT2D eigenvalue weighted by atomic mass is 32.2. The summed E-state index contributed by atoms with van der Waals surface area (Å²) in [5.41, 5.74) is 0.563. The summed E-state index contributed by atoms with van der Waals surface area (Å²) in [6, 6.07) is 17.2. The van der Waals surface area contributed by atoms with Gasteiger partial charge in [-0.3, -0.25) is 9.36 Å². The van der Waals surface area contributed by atoms with Crippen molar-refractivity contribution in [3.05, 3.63) is 72.3 Å². The van der Waals surface area contributed by atoms with Crippen LogP contribution in [-0.2, 0) is 11.0 Å². The summed E-state index contributed by atoms with van der Waals surface area (Å²) in [5.74, 6) is 1.13. The molecule has 0 saturated carbocycles. The largest absolute Gasteiger partial charge is 0.493 e. The molecule has 1 heterocycles. The molecule has 0 aliphatic carbocycles. The molecule has 1 N–H and O–H groups in total. The van der Waals surface area contributed by atoms with Gasteiger partial charge in [0.25, 0.3) is 0 Å². The molecule has 3 aromatic carbocycles. The van der Waals surface area contributed by atoms with Crippen LogP contribution in [0, 0.1) is 0 Å². The molecule has 0 atom stereocenters. The third-order valence-electron chi connectivity index (χ3n) is 5.38. The Labute approximate surface area is 220 Å². The van der Waals surface area contributed by atoms with Crippen molar-refractivity contribution in [1.29, 1.82) is 0 Å². The summed E-state index contributed by atoms with van der Waals surface area (Å²) in [6.07, 6.45) is -4.51. The van der Waals surface area contributed by atoms with Gasteiger partial charge in [-0.05, 0) is 42.5 Å². The minimum absolute atomic E-state index is 0.0491.